The van der Waals surface area contributed by atoms with Gasteiger partial charge in [-0.25, -0.2) is 0 Å². The van der Waals surface area contributed by atoms with Gasteiger partial charge in [-0.2, -0.15) is 0 Å². The Morgan fingerprint density at radius 3 is 2.68 bits per heavy atom. The highest BCUT2D eigenvalue weighted by molar-refractivity contribution is 5.88. The number of hydrogen-bond donors (Lipinski definition) is 1. The molecule has 0 bridgehead atoms. The number of rotatable bonds is 7. The van der Waals surface area contributed by atoms with Crippen LogP contribution >= 0.6 is 0 Å². The summed E-state index contributed by atoms with van der Waals surface area (Å²) < 4.78 is 6.10. The lowest BCUT2D eigenvalue weighted by atomic mass is 9.83. The smallest absolute Gasteiger partial charge is 0.254 e. The fourth-order valence-corrected chi connectivity index (χ4v) is 4.21. The maximum absolute atomic E-state index is 13.2. The molecule has 31 heavy (non-hydrogen) atoms. The molecule has 1 N–H and O–H groups in total. The van der Waals surface area contributed by atoms with Crippen LogP contribution in [0.4, 0.5) is 0 Å². The first-order valence-electron chi connectivity index (χ1n) is 10.9. The van der Waals surface area contributed by atoms with Crippen molar-refractivity contribution in [2.24, 2.45) is 5.92 Å². The minimum Gasteiger partial charge on any atom is -0.361 e. The summed E-state index contributed by atoms with van der Waals surface area (Å²) in [5, 5.41) is 2.89. The molecule has 0 radical (unpaired) electrons. The van der Waals surface area contributed by atoms with Gasteiger partial charge in [0.15, 0.2) is 5.60 Å². The Morgan fingerprint density at radius 1 is 1.23 bits per heavy atom. The van der Waals surface area contributed by atoms with Gasteiger partial charge in [-0.15, -0.1) is 6.58 Å². The second-order valence-corrected chi connectivity index (χ2v) is 8.34. The topological polar surface area (TPSA) is 71.5 Å². The Kier molecular flexibility index (Phi) is 6.47. The highest BCUT2D eigenvalue weighted by Gasteiger charge is 2.46. The van der Waals surface area contributed by atoms with Crippen molar-refractivity contribution in [3.63, 3.8) is 0 Å². The van der Waals surface area contributed by atoms with E-state index in [9.17, 15) is 9.59 Å². The number of pyridine rings is 1. The molecule has 2 amide bonds. The molecule has 2 fully saturated rings. The van der Waals surface area contributed by atoms with Gasteiger partial charge >= 0.3 is 0 Å². The van der Waals surface area contributed by atoms with Gasteiger partial charge in [0, 0.05) is 37.8 Å². The molecule has 1 atom stereocenters. The summed E-state index contributed by atoms with van der Waals surface area (Å²) in [5.41, 5.74) is 1.99. The lowest BCUT2D eigenvalue weighted by Gasteiger charge is -2.43. The first-order valence-corrected chi connectivity index (χ1v) is 10.9. The van der Waals surface area contributed by atoms with E-state index in [2.05, 4.69) is 16.9 Å². The fourth-order valence-electron chi connectivity index (χ4n) is 4.21. The van der Waals surface area contributed by atoms with Crippen molar-refractivity contribution in [2.45, 2.75) is 31.3 Å². The number of ether oxygens (including phenoxy) is 1. The van der Waals surface area contributed by atoms with Crippen LogP contribution in [0.1, 0.15) is 24.8 Å². The van der Waals surface area contributed by atoms with Crippen molar-refractivity contribution >= 4 is 11.8 Å². The number of nitrogens with one attached hydrogen (secondary N) is 1. The Hall–Kier alpha value is -2.99. The Balaban J connectivity index is 1.55. The average molecular weight is 420 g/mol. The summed E-state index contributed by atoms with van der Waals surface area (Å²) in [6.07, 6.45) is 8.62. The molecule has 2 aromatic rings. The van der Waals surface area contributed by atoms with Gasteiger partial charge in [-0.3, -0.25) is 14.6 Å². The maximum atomic E-state index is 13.2. The van der Waals surface area contributed by atoms with Crippen LogP contribution in [0, 0.1) is 5.92 Å². The van der Waals surface area contributed by atoms with Crippen molar-refractivity contribution < 1.29 is 14.3 Å². The van der Waals surface area contributed by atoms with Crippen LogP contribution in [0.3, 0.4) is 0 Å². The summed E-state index contributed by atoms with van der Waals surface area (Å²) in [4.78, 5) is 32.0. The summed E-state index contributed by atoms with van der Waals surface area (Å²) in [6, 6.07) is 12.0. The second kappa shape index (κ2) is 9.43. The zero-order valence-electron chi connectivity index (χ0n) is 17.8. The highest BCUT2D eigenvalue weighted by atomic mass is 16.5. The molecule has 0 spiro atoms. The Bertz CT molecular complexity index is 925. The number of amides is 2. The molecule has 2 aliphatic rings. The van der Waals surface area contributed by atoms with Crippen molar-refractivity contribution in [3.8, 4) is 11.1 Å². The maximum Gasteiger partial charge on any atom is 0.254 e. The predicted octanol–water partition coefficient (Wildman–Crippen LogP) is 2.99. The van der Waals surface area contributed by atoms with E-state index in [1.807, 2.05) is 47.5 Å². The Labute approximate surface area is 183 Å². The monoisotopic (exact) mass is 419 g/mol. The lowest BCUT2D eigenvalue weighted by molar-refractivity contribution is -0.168. The van der Waals surface area contributed by atoms with Crippen LogP contribution in [0.5, 0.6) is 0 Å². The van der Waals surface area contributed by atoms with Crippen LogP contribution in [0.2, 0.25) is 0 Å². The standard InChI is InChI=1S/C25H29N3O3/c1-2-12-27-24(30)25(18-28(14-15-31-25)23(29)21-5-3-6-21)16-19-8-10-20(11-9-19)22-7-4-13-26-17-22/h2,4,7-11,13,17,21H,1,3,5-6,12,14-16,18H2,(H,27,30)/t25-/m0/s1. The molecule has 6 heteroatoms. The number of carbonyl (C=O) groups excluding carboxylic acids is 2. The van der Waals surface area contributed by atoms with E-state index in [1.165, 1.54) is 0 Å². The van der Waals surface area contributed by atoms with Crippen LogP contribution in [0.15, 0.2) is 61.4 Å². The number of morpholine rings is 1. The van der Waals surface area contributed by atoms with E-state index < -0.39 is 5.60 Å². The van der Waals surface area contributed by atoms with Crippen LogP contribution in [-0.2, 0) is 20.7 Å². The third kappa shape index (κ3) is 4.69. The number of aromatic nitrogens is 1. The van der Waals surface area contributed by atoms with Gasteiger partial charge in [0.25, 0.3) is 5.91 Å². The third-order valence-corrected chi connectivity index (χ3v) is 6.21. The van der Waals surface area contributed by atoms with Gasteiger partial charge in [0.2, 0.25) is 5.91 Å². The summed E-state index contributed by atoms with van der Waals surface area (Å²) in [6.45, 7) is 5.21. The van der Waals surface area contributed by atoms with Crippen LogP contribution in [-0.4, -0.2) is 53.5 Å². The largest absolute Gasteiger partial charge is 0.361 e. The molecular formula is C25H29N3O3. The molecule has 6 nitrogen and oxygen atoms in total. The van der Waals surface area contributed by atoms with E-state index in [0.29, 0.717) is 26.1 Å². The van der Waals surface area contributed by atoms with Gasteiger partial charge in [0.1, 0.15) is 0 Å². The number of carbonyl (C=O) groups is 2. The quantitative estimate of drug-likeness (QED) is 0.701. The number of nitrogens with zero attached hydrogens (tertiary/aromatic N) is 2. The minimum absolute atomic E-state index is 0.103. The van der Waals surface area contributed by atoms with Crippen molar-refractivity contribution in [1.82, 2.24) is 15.2 Å². The molecule has 2 heterocycles. The number of benzene rings is 1. The highest BCUT2D eigenvalue weighted by Crippen LogP contribution is 2.31. The average Bonchev–Trinajstić information content (AvgIpc) is 2.77. The van der Waals surface area contributed by atoms with E-state index in [0.717, 1.165) is 36.0 Å². The van der Waals surface area contributed by atoms with E-state index in [4.69, 9.17) is 4.74 Å². The normalized spacial score (nSPS) is 21.2. The van der Waals surface area contributed by atoms with Gasteiger partial charge in [-0.1, -0.05) is 42.8 Å². The molecule has 0 unspecified atom stereocenters. The fraction of sp³-hybridized carbons (Fsp3) is 0.400. The van der Waals surface area contributed by atoms with Crippen molar-refractivity contribution in [3.05, 3.63) is 67.0 Å². The first-order chi connectivity index (χ1) is 15.1. The minimum atomic E-state index is -1.10. The van der Waals surface area contributed by atoms with Crippen LogP contribution < -0.4 is 5.32 Å². The molecule has 162 valence electrons. The van der Waals surface area contributed by atoms with E-state index >= 15 is 0 Å². The third-order valence-electron chi connectivity index (χ3n) is 6.21. The Morgan fingerprint density at radius 2 is 2.03 bits per heavy atom. The number of hydrogen-bond acceptors (Lipinski definition) is 4. The lowest BCUT2D eigenvalue weighted by Crippen LogP contribution is -2.62. The summed E-state index contributed by atoms with van der Waals surface area (Å²) in [7, 11) is 0. The van der Waals surface area contributed by atoms with E-state index in [1.54, 1.807) is 12.3 Å². The molecule has 1 aromatic carbocycles. The molecule has 1 aliphatic carbocycles. The molecule has 1 aliphatic heterocycles. The molecule has 1 saturated carbocycles. The van der Waals surface area contributed by atoms with Crippen LogP contribution in [0.25, 0.3) is 11.1 Å². The molecular weight excluding hydrogens is 390 g/mol. The summed E-state index contributed by atoms with van der Waals surface area (Å²) >= 11 is 0. The molecule has 4 rings (SSSR count). The molecule has 1 saturated heterocycles. The molecule has 1 aromatic heterocycles. The van der Waals surface area contributed by atoms with Crippen molar-refractivity contribution in [1.29, 1.82) is 0 Å². The summed E-state index contributed by atoms with van der Waals surface area (Å²) in [5.74, 6) is 0.0584. The predicted molar refractivity (Wildman–Crippen MR) is 119 cm³/mol. The second-order valence-electron chi connectivity index (χ2n) is 8.34. The van der Waals surface area contributed by atoms with Gasteiger partial charge in [-0.05, 0) is 35.6 Å². The van der Waals surface area contributed by atoms with Crippen molar-refractivity contribution in [2.75, 3.05) is 26.2 Å². The van der Waals surface area contributed by atoms with Gasteiger partial charge < -0.3 is 15.0 Å². The van der Waals surface area contributed by atoms with E-state index in [-0.39, 0.29) is 24.3 Å². The zero-order chi connectivity index (χ0) is 21.7. The first kappa shape index (κ1) is 21.2. The SMILES string of the molecule is C=CCNC(=O)[C@]1(Cc2ccc(-c3cccnc3)cc2)CN(C(=O)C2CCC2)CCO1. The van der Waals surface area contributed by atoms with Gasteiger partial charge in [0.05, 0.1) is 13.2 Å². The zero-order valence-corrected chi connectivity index (χ0v) is 17.8.